The second kappa shape index (κ2) is 8.50. The summed E-state index contributed by atoms with van der Waals surface area (Å²) in [7, 11) is 0. The Hall–Kier alpha value is -3.20. The molecule has 0 saturated carbocycles. The standard InChI is InChI=1S/C22H23N7OS/c1-14-21(31-15(2)26-14)18-3-4-20(28-27-18)30-12-16-6-9-29(10-7-16)22-17-5-8-23-11-19(17)24-13-25-22/h3-5,8,11,13,16H,6-7,9-10,12H2,1-2H3. The van der Waals surface area contributed by atoms with Crippen molar-refractivity contribution in [2.45, 2.75) is 26.7 Å². The molecule has 0 aliphatic carbocycles. The molecule has 0 bridgehead atoms. The third kappa shape index (κ3) is 4.18. The van der Waals surface area contributed by atoms with E-state index in [9.17, 15) is 0 Å². The molecule has 5 heterocycles. The number of thiazole rings is 1. The van der Waals surface area contributed by atoms with Crippen LogP contribution in [0.15, 0.2) is 36.9 Å². The maximum atomic E-state index is 5.94. The Balaban J connectivity index is 1.17. The van der Waals surface area contributed by atoms with E-state index in [0.29, 0.717) is 18.4 Å². The number of aromatic nitrogens is 6. The van der Waals surface area contributed by atoms with Gasteiger partial charge in [0.05, 0.1) is 33.9 Å². The molecule has 1 fully saturated rings. The fraction of sp³-hybridized carbons (Fsp3) is 0.364. The average Bonchev–Trinajstić information content (AvgIpc) is 3.16. The second-order valence-corrected chi connectivity index (χ2v) is 8.94. The van der Waals surface area contributed by atoms with E-state index in [1.54, 1.807) is 30.1 Å². The van der Waals surface area contributed by atoms with Gasteiger partial charge >= 0.3 is 0 Å². The first kappa shape index (κ1) is 19.7. The Morgan fingerprint density at radius 3 is 2.71 bits per heavy atom. The largest absolute Gasteiger partial charge is 0.476 e. The van der Waals surface area contributed by atoms with Gasteiger partial charge in [-0.15, -0.1) is 21.5 Å². The third-order valence-electron chi connectivity index (χ3n) is 5.58. The number of fused-ring (bicyclic) bond motifs is 1. The molecule has 5 rings (SSSR count). The molecule has 8 nitrogen and oxygen atoms in total. The minimum atomic E-state index is 0.485. The highest BCUT2D eigenvalue weighted by molar-refractivity contribution is 7.15. The smallest absolute Gasteiger partial charge is 0.233 e. The summed E-state index contributed by atoms with van der Waals surface area (Å²) in [5, 5.41) is 10.7. The van der Waals surface area contributed by atoms with Crippen molar-refractivity contribution >= 4 is 28.1 Å². The van der Waals surface area contributed by atoms with E-state index in [1.807, 2.05) is 32.0 Å². The van der Waals surface area contributed by atoms with Crippen LogP contribution in [0.2, 0.25) is 0 Å². The van der Waals surface area contributed by atoms with Gasteiger partial charge in [-0.1, -0.05) is 0 Å². The molecule has 1 aliphatic heterocycles. The topological polar surface area (TPSA) is 89.8 Å². The predicted molar refractivity (Wildman–Crippen MR) is 120 cm³/mol. The Morgan fingerprint density at radius 2 is 1.97 bits per heavy atom. The number of ether oxygens (including phenoxy) is 1. The molecular formula is C22H23N7OS. The molecule has 0 aromatic carbocycles. The maximum absolute atomic E-state index is 5.94. The number of nitrogens with zero attached hydrogens (tertiary/aromatic N) is 7. The summed E-state index contributed by atoms with van der Waals surface area (Å²) in [5.74, 6) is 2.04. The normalized spacial score (nSPS) is 14.8. The molecular weight excluding hydrogens is 410 g/mol. The van der Waals surface area contributed by atoms with Crippen molar-refractivity contribution in [1.29, 1.82) is 0 Å². The van der Waals surface area contributed by atoms with Gasteiger partial charge in [-0.25, -0.2) is 15.0 Å². The summed E-state index contributed by atoms with van der Waals surface area (Å²) in [6, 6.07) is 5.84. The molecule has 9 heteroatoms. The number of hydrogen-bond donors (Lipinski definition) is 0. The van der Waals surface area contributed by atoms with Gasteiger partial charge in [0.25, 0.3) is 0 Å². The van der Waals surface area contributed by atoms with Gasteiger partial charge in [-0.2, -0.15) is 0 Å². The van der Waals surface area contributed by atoms with Crippen LogP contribution in [0.5, 0.6) is 5.88 Å². The van der Waals surface area contributed by atoms with E-state index >= 15 is 0 Å². The highest BCUT2D eigenvalue weighted by atomic mass is 32.1. The number of aryl methyl sites for hydroxylation is 2. The molecule has 1 aliphatic rings. The molecule has 31 heavy (non-hydrogen) atoms. The average molecular weight is 434 g/mol. The zero-order valence-corrected chi connectivity index (χ0v) is 18.3. The molecule has 0 spiro atoms. The van der Waals surface area contributed by atoms with Gasteiger partial charge in [0.2, 0.25) is 5.88 Å². The van der Waals surface area contributed by atoms with E-state index < -0.39 is 0 Å². The molecule has 0 radical (unpaired) electrons. The summed E-state index contributed by atoms with van der Waals surface area (Å²) >= 11 is 1.64. The Morgan fingerprint density at radius 1 is 1.10 bits per heavy atom. The van der Waals surface area contributed by atoms with Crippen LogP contribution in [0.1, 0.15) is 23.5 Å². The van der Waals surface area contributed by atoms with Crippen molar-refractivity contribution in [3.05, 3.63) is 47.6 Å². The van der Waals surface area contributed by atoms with Crippen LogP contribution >= 0.6 is 11.3 Å². The van der Waals surface area contributed by atoms with Gasteiger partial charge in [0.1, 0.15) is 17.8 Å². The molecule has 0 amide bonds. The SMILES string of the molecule is Cc1nc(C)c(-c2ccc(OCC3CCN(c4ncnc5cnccc45)CC3)nn2)s1. The van der Waals surface area contributed by atoms with E-state index in [2.05, 4.69) is 35.0 Å². The molecule has 158 valence electrons. The molecule has 0 N–H and O–H groups in total. The summed E-state index contributed by atoms with van der Waals surface area (Å²) < 4.78 is 5.94. The van der Waals surface area contributed by atoms with Crippen molar-refractivity contribution in [2.24, 2.45) is 5.92 Å². The van der Waals surface area contributed by atoms with Crippen LogP contribution in [0, 0.1) is 19.8 Å². The van der Waals surface area contributed by atoms with Gasteiger partial charge in [0.15, 0.2) is 0 Å². The summed E-state index contributed by atoms with van der Waals surface area (Å²) in [6.07, 6.45) is 7.28. The number of hydrogen-bond acceptors (Lipinski definition) is 9. The molecule has 4 aromatic heterocycles. The van der Waals surface area contributed by atoms with E-state index in [-0.39, 0.29) is 0 Å². The Bertz CT molecular complexity index is 1180. The highest BCUT2D eigenvalue weighted by Crippen LogP contribution is 2.29. The van der Waals surface area contributed by atoms with Crippen LogP contribution in [0.4, 0.5) is 5.82 Å². The van der Waals surface area contributed by atoms with E-state index in [1.165, 1.54) is 0 Å². The lowest BCUT2D eigenvalue weighted by atomic mass is 9.97. The second-order valence-electron chi connectivity index (χ2n) is 7.74. The molecule has 1 saturated heterocycles. The van der Waals surface area contributed by atoms with E-state index in [0.717, 1.165) is 63.9 Å². The van der Waals surface area contributed by atoms with Crippen LogP contribution in [0.3, 0.4) is 0 Å². The molecule has 0 unspecified atom stereocenters. The zero-order chi connectivity index (χ0) is 21.2. The lowest BCUT2D eigenvalue weighted by Crippen LogP contribution is -2.36. The number of pyridine rings is 1. The number of piperidine rings is 1. The lowest BCUT2D eigenvalue weighted by Gasteiger charge is -2.33. The zero-order valence-electron chi connectivity index (χ0n) is 17.5. The van der Waals surface area contributed by atoms with Crippen LogP contribution in [-0.2, 0) is 0 Å². The van der Waals surface area contributed by atoms with Crippen molar-refractivity contribution < 1.29 is 4.74 Å². The fourth-order valence-electron chi connectivity index (χ4n) is 3.95. The number of anilines is 1. The van der Waals surface area contributed by atoms with Gasteiger partial charge in [-0.3, -0.25) is 4.98 Å². The van der Waals surface area contributed by atoms with E-state index in [4.69, 9.17) is 4.74 Å². The number of rotatable bonds is 5. The summed E-state index contributed by atoms with van der Waals surface area (Å²) in [4.78, 5) is 20.8. The monoisotopic (exact) mass is 433 g/mol. The van der Waals surface area contributed by atoms with Gasteiger partial charge in [0, 0.05) is 30.7 Å². The fourth-order valence-corrected chi connectivity index (χ4v) is 4.83. The summed E-state index contributed by atoms with van der Waals surface area (Å²) in [6.45, 7) is 6.53. The highest BCUT2D eigenvalue weighted by Gasteiger charge is 2.22. The molecule has 0 atom stereocenters. The van der Waals surface area contributed by atoms with Crippen molar-refractivity contribution in [3.8, 4) is 16.5 Å². The minimum absolute atomic E-state index is 0.485. The molecule has 4 aromatic rings. The third-order valence-corrected chi connectivity index (χ3v) is 6.67. The lowest BCUT2D eigenvalue weighted by molar-refractivity contribution is 0.214. The first-order valence-electron chi connectivity index (χ1n) is 10.4. The van der Waals surface area contributed by atoms with Crippen molar-refractivity contribution in [2.75, 3.05) is 24.6 Å². The Kier molecular flexibility index (Phi) is 5.42. The maximum Gasteiger partial charge on any atom is 0.233 e. The minimum Gasteiger partial charge on any atom is -0.476 e. The van der Waals surface area contributed by atoms with Crippen LogP contribution < -0.4 is 9.64 Å². The first-order valence-corrected chi connectivity index (χ1v) is 11.2. The predicted octanol–water partition coefficient (Wildman–Crippen LogP) is 3.85. The first-order chi connectivity index (χ1) is 15.2. The van der Waals surface area contributed by atoms with Crippen molar-refractivity contribution in [1.82, 2.24) is 30.1 Å². The summed E-state index contributed by atoms with van der Waals surface area (Å²) in [5.41, 5.74) is 2.71. The van der Waals surface area contributed by atoms with Gasteiger partial charge < -0.3 is 9.64 Å². The van der Waals surface area contributed by atoms with Crippen LogP contribution in [-0.4, -0.2) is 49.8 Å². The van der Waals surface area contributed by atoms with Crippen molar-refractivity contribution in [3.63, 3.8) is 0 Å². The van der Waals surface area contributed by atoms with Gasteiger partial charge in [-0.05, 0) is 44.7 Å². The quantitative estimate of drug-likeness (QED) is 0.469. The Labute approximate surface area is 184 Å². The van der Waals surface area contributed by atoms with Crippen LogP contribution in [0.25, 0.3) is 21.5 Å².